The van der Waals surface area contributed by atoms with Gasteiger partial charge in [0.1, 0.15) is 5.84 Å². The van der Waals surface area contributed by atoms with Crippen molar-refractivity contribution in [3.8, 4) is 11.1 Å². The largest absolute Gasteiger partial charge is 0.416 e. The summed E-state index contributed by atoms with van der Waals surface area (Å²) in [6.07, 6.45) is -4.33. The van der Waals surface area contributed by atoms with Gasteiger partial charge in [-0.2, -0.15) is 13.2 Å². The van der Waals surface area contributed by atoms with Crippen molar-refractivity contribution in [3.63, 3.8) is 0 Å². The minimum Gasteiger partial charge on any atom is -0.383 e. The van der Waals surface area contributed by atoms with Crippen molar-refractivity contribution in [2.45, 2.75) is 12.7 Å². The van der Waals surface area contributed by atoms with Crippen molar-refractivity contribution in [1.29, 1.82) is 0 Å². The van der Waals surface area contributed by atoms with Crippen LogP contribution in [0.3, 0.4) is 0 Å². The average molecular weight is 354 g/mol. The second-order valence-corrected chi connectivity index (χ2v) is 5.84. The Kier molecular flexibility index (Phi) is 5.07. The molecular formula is C21H17F3N2. The molecule has 0 heterocycles. The monoisotopic (exact) mass is 354 g/mol. The van der Waals surface area contributed by atoms with E-state index in [0.717, 1.165) is 28.8 Å². The van der Waals surface area contributed by atoms with Gasteiger partial charge in [0.05, 0.1) is 12.1 Å². The first kappa shape index (κ1) is 17.7. The molecule has 3 aromatic rings. The van der Waals surface area contributed by atoms with E-state index in [-0.39, 0.29) is 6.54 Å². The number of rotatable bonds is 4. The maximum absolute atomic E-state index is 12.6. The van der Waals surface area contributed by atoms with Crippen molar-refractivity contribution in [2.75, 3.05) is 0 Å². The van der Waals surface area contributed by atoms with Gasteiger partial charge in [-0.05, 0) is 28.8 Å². The third-order valence-corrected chi connectivity index (χ3v) is 4.00. The first-order chi connectivity index (χ1) is 12.4. The number of aliphatic imine (C=N–C) groups is 1. The standard InChI is InChI=1S/C21H17F3N2/c22-21(23,24)19-12-6-15(7-13-19)14-26-20(25)18-10-8-17(9-11-18)16-4-2-1-3-5-16/h1-13H,14H2,(H2,25,26). The molecule has 0 bridgehead atoms. The lowest BCUT2D eigenvalue weighted by atomic mass is 10.0. The molecule has 0 amide bonds. The molecule has 0 saturated heterocycles. The molecule has 3 aromatic carbocycles. The molecule has 0 fully saturated rings. The summed E-state index contributed by atoms with van der Waals surface area (Å²) in [5.74, 6) is 0.351. The number of amidine groups is 1. The maximum atomic E-state index is 12.6. The summed E-state index contributed by atoms with van der Waals surface area (Å²) in [6, 6.07) is 22.6. The van der Waals surface area contributed by atoms with Crippen LogP contribution in [0.25, 0.3) is 11.1 Å². The summed E-state index contributed by atoms with van der Waals surface area (Å²) in [5.41, 5.74) is 8.96. The fraction of sp³-hybridized carbons (Fsp3) is 0.0952. The van der Waals surface area contributed by atoms with Crippen LogP contribution in [0, 0.1) is 0 Å². The molecule has 0 saturated carbocycles. The Morgan fingerprint density at radius 2 is 1.35 bits per heavy atom. The molecule has 2 nitrogen and oxygen atoms in total. The molecule has 26 heavy (non-hydrogen) atoms. The molecule has 0 unspecified atom stereocenters. The van der Waals surface area contributed by atoms with Crippen molar-refractivity contribution in [3.05, 3.63) is 95.6 Å². The third kappa shape index (κ3) is 4.30. The van der Waals surface area contributed by atoms with Gasteiger partial charge < -0.3 is 5.73 Å². The van der Waals surface area contributed by atoms with Gasteiger partial charge in [-0.25, -0.2) is 0 Å². The second kappa shape index (κ2) is 7.44. The van der Waals surface area contributed by atoms with Gasteiger partial charge in [0.2, 0.25) is 0 Å². The molecule has 132 valence electrons. The quantitative estimate of drug-likeness (QED) is 0.502. The number of alkyl halides is 3. The Bertz CT molecular complexity index is 881. The van der Waals surface area contributed by atoms with E-state index in [1.807, 2.05) is 54.6 Å². The number of hydrogen-bond donors (Lipinski definition) is 1. The van der Waals surface area contributed by atoms with E-state index in [0.29, 0.717) is 11.4 Å². The van der Waals surface area contributed by atoms with E-state index >= 15 is 0 Å². The summed E-state index contributed by atoms with van der Waals surface area (Å²) in [4.78, 5) is 4.27. The molecule has 0 radical (unpaired) electrons. The summed E-state index contributed by atoms with van der Waals surface area (Å²) >= 11 is 0. The molecular weight excluding hydrogens is 337 g/mol. The highest BCUT2D eigenvalue weighted by atomic mass is 19.4. The van der Waals surface area contributed by atoms with Gasteiger partial charge in [-0.3, -0.25) is 4.99 Å². The minimum absolute atomic E-state index is 0.227. The molecule has 0 atom stereocenters. The van der Waals surface area contributed by atoms with Crippen molar-refractivity contribution >= 4 is 5.84 Å². The Labute approximate surface area is 149 Å². The molecule has 0 aromatic heterocycles. The number of benzene rings is 3. The van der Waals surface area contributed by atoms with Gasteiger partial charge in [0.15, 0.2) is 0 Å². The fourth-order valence-corrected chi connectivity index (χ4v) is 2.53. The molecule has 3 rings (SSSR count). The topological polar surface area (TPSA) is 38.4 Å². The summed E-state index contributed by atoms with van der Waals surface area (Å²) in [6.45, 7) is 0.227. The van der Waals surface area contributed by atoms with Crippen LogP contribution in [0.15, 0.2) is 83.9 Å². The highest BCUT2D eigenvalue weighted by molar-refractivity contribution is 5.97. The zero-order chi connectivity index (χ0) is 18.6. The highest BCUT2D eigenvalue weighted by Crippen LogP contribution is 2.29. The van der Waals surface area contributed by atoms with Crippen LogP contribution in [0.1, 0.15) is 16.7 Å². The smallest absolute Gasteiger partial charge is 0.383 e. The first-order valence-electron chi connectivity index (χ1n) is 8.05. The van der Waals surface area contributed by atoms with Crippen molar-refractivity contribution in [1.82, 2.24) is 0 Å². The normalized spacial score (nSPS) is 12.2. The van der Waals surface area contributed by atoms with Crippen LogP contribution in [0.4, 0.5) is 13.2 Å². The molecule has 2 N–H and O–H groups in total. The summed E-state index contributed by atoms with van der Waals surface area (Å²) in [7, 11) is 0. The highest BCUT2D eigenvalue weighted by Gasteiger charge is 2.29. The van der Waals surface area contributed by atoms with E-state index < -0.39 is 11.7 Å². The zero-order valence-corrected chi connectivity index (χ0v) is 13.9. The van der Waals surface area contributed by atoms with Crippen LogP contribution < -0.4 is 5.73 Å². The molecule has 0 aliphatic heterocycles. The second-order valence-electron chi connectivity index (χ2n) is 5.84. The van der Waals surface area contributed by atoms with E-state index in [2.05, 4.69) is 4.99 Å². The fourth-order valence-electron chi connectivity index (χ4n) is 2.53. The lowest BCUT2D eigenvalue weighted by Gasteiger charge is -2.07. The molecule has 0 aliphatic rings. The molecule has 5 heteroatoms. The van der Waals surface area contributed by atoms with E-state index in [1.54, 1.807) is 0 Å². The van der Waals surface area contributed by atoms with Gasteiger partial charge in [-0.1, -0.05) is 66.7 Å². The van der Waals surface area contributed by atoms with Gasteiger partial charge in [-0.15, -0.1) is 0 Å². The maximum Gasteiger partial charge on any atom is 0.416 e. The lowest BCUT2D eigenvalue weighted by Crippen LogP contribution is -2.13. The van der Waals surface area contributed by atoms with Gasteiger partial charge in [0, 0.05) is 5.56 Å². The average Bonchev–Trinajstić information content (AvgIpc) is 2.66. The summed E-state index contributed by atoms with van der Waals surface area (Å²) in [5, 5.41) is 0. The van der Waals surface area contributed by atoms with E-state index in [1.165, 1.54) is 12.1 Å². The van der Waals surface area contributed by atoms with Crippen LogP contribution in [-0.2, 0) is 12.7 Å². The number of hydrogen-bond acceptors (Lipinski definition) is 1. The van der Waals surface area contributed by atoms with Crippen LogP contribution in [0.5, 0.6) is 0 Å². The number of nitrogens with two attached hydrogens (primary N) is 1. The van der Waals surface area contributed by atoms with E-state index in [9.17, 15) is 13.2 Å². The van der Waals surface area contributed by atoms with Crippen LogP contribution in [-0.4, -0.2) is 5.84 Å². The minimum atomic E-state index is -4.33. The predicted molar refractivity (Wildman–Crippen MR) is 97.8 cm³/mol. The Balaban J connectivity index is 1.70. The number of nitrogens with zero attached hydrogens (tertiary/aromatic N) is 1. The Morgan fingerprint density at radius 3 is 1.92 bits per heavy atom. The number of halogens is 3. The van der Waals surface area contributed by atoms with Gasteiger partial charge >= 0.3 is 6.18 Å². The van der Waals surface area contributed by atoms with E-state index in [4.69, 9.17) is 5.73 Å². The first-order valence-corrected chi connectivity index (χ1v) is 8.05. The molecule has 0 spiro atoms. The zero-order valence-electron chi connectivity index (χ0n) is 13.9. The predicted octanol–water partition coefficient (Wildman–Crippen LogP) is 5.28. The van der Waals surface area contributed by atoms with Crippen LogP contribution in [0.2, 0.25) is 0 Å². The van der Waals surface area contributed by atoms with Crippen LogP contribution >= 0.6 is 0 Å². The van der Waals surface area contributed by atoms with Gasteiger partial charge in [0.25, 0.3) is 0 Å². The third-order valence-electron chi connectivity index (χ3n) is 4.00. The SMILES string of the molecule is NC(=NCc1ccc(C(F)(F)F)cc1)c1ccc(-c2ccccc2)cc1. The van der Waals surface area contributed by atoms with Crippen molar-refractivity contribution in [2.24, 2.45) is 10.7 Å². The summed E-state index contributed by atoms with van der Waals surface area (Å²) < 4.78 is 37.7. The lowest BCUT2D eigenvalue weighted by molar-refractivity contribution is -0.137. The Hall–Kier alpha value is -3.08. The Morgan fingerprint density at radius 1 is 0.769 bits per heavy atom. The molecule has 0 aliphatic carbocycles. The van der Waals surface area contributed by atoms with Crippen molar-refractivity contribution < 1.29 is 13.2 Å².